The Morgan fingerprint density at radius 3 is 2.55 bits per heavy atom. The maximum Gasteiger partial charge on any atom is 0.416 e. The summed E-state index contributed by atoms with van der Waals surface area (Å²) in [7, 11) is 0. The Bertz CT molecular complexity index is 1000. The monoisotopic (exact) mass is 422 g/mol. The zero-order valence-electron chi connectivity index (χ0n) is 15.3. The van der Waals surface area contributed by atoms with Gasteiger partial charge in [0.25, 0.3) is 0 Å². The molecule has 0 atom stereocenters. The normalized spacial score (nSPS) is 11.4. The molecule has 1 amide bonds. The molecule has 0 unspecified atom stereocenters. The van der Waals surface area contributed by atoms with E-state index < -0.39 is 17.6 Å². The molecule has 0 bridgehead atoms. The molecule has 0 aliphatic rings. The molecule has 0 radical (unpaired) electrons. The molecule has 0 aliphatic heterocycles. The van der Waals surface area contributed by atoms with Gasteiger partial charge in [-0.15, -0.1) is 10.2 Å². The molecule has 0 aliphatic carbocycles. The Morgan fingerprint density at radius 1 is 1.17 bits per heavy atom. The van der Waals surface area contributed by atoms with Crippen LogP contribution in [0.15, 0.2) is 53.7 Å². The van der Waals surface area contributed by atoms with E-state index in [2.05, 4.69) is 15.5 Å². The van der Waals surface area contributed by atoms with Crippen LogP contribution < -0.4 is 5.32 Å². The number of nitrogens with zero attached hydrogens (tertiary/aromatic N) is 3. The van der Waals surface area contributed by atoms with Crippen molar-refractivity contribution in [2.45, 2.75) is 24.8 Å². The molecule has 0 saturated carbocycles. The van der Waals surface area contributed by atoms with E-state index in [9.17, 15) is 23.1 Å². The number of carbonyl (C=O) groups is 1. The fourth-order valence-corrected chi connectivity index (χ4v) is 3.41. The smallest absolute Gasteiger partial charge is 0.416 e. The average Bonchev–Trinajstić information content (AvgIpc) is 3.09. The van der Waals surface area contributed by atoms with Crippen molar-refractivity contribution < 1.29 is 23.1 Å². The number of hydrogen-bond donors (Lipinski definition) is 2. The van der Waals surface area contributed by atoms with Gasteiger partial charge in [0.05, 0.1) is 11.3 Å². The molecular weight excluding hydrogens is 405 g/mol. The number of phenolic OH excluding ortho intramolecular Hbond substituents is 1. The minimum atomic E-state index is -4.47. The second-order valence-corrected chi connectivity index (χ2v) is 6.96. The van der Waals surface area contributed by atoms with Crippen molar-refractivity contribution in [2.75, 3.05) is 11.1 Å². The number of hydrogen-bond acceptors (Lipinski definition) is 5. The SMILES string of the molecule is CCn1c(SCC(=O)Nc2cccc(C(F)(F)F)c2)nnc1-c1ccc(O)cc1. The van der Waals surface area contributed by atoms with Gasteiger partial charge in [0.2, 0.25) is 5.91 Å². The third-order valence-corrected chi connectivity index (χ3v) is 4.93. The van der Waals surface area contributed by atoms with E-state index in [4.69, 9.17) is 0 Å². The summed E-state index contributed by atoms with van der Waals surface area (Å²) in [5.41, 5.74) is 0.0109. The Labute approximate surface area is 168 Å². The van der Waals surface area contributed by atoms with E-state index in [0.717, 1.165) is 29.5 Å². The molecular formula is C19H17F3N4O2S. The fraction of sp³-hybridized carbons (Fsp3) is 0.211. The molecule has 3 aromatic rings. The largest absolute Gasteiger partial charge is 0.508 e. The van der Waals surface area contributed by atoms with E-state index in [1.165, 1.54) is 12.1 Å². The van der Waals surface area contributed by atoms with Crippen LogP contribution >= 0.6 is 11.8 Å². The Morgan fingerprint density at radius 2 is 1.90 bits per heavy atom. The number of amides is 1. The highest BCUT2D eigenvalue weighted by atomic mass is 32.2. The first-order valence-electron chi connectivity index (χ1n) is 8.60. The minimum absolute atomic E-state index is 0.0377. The van der Waals surface area contributed by atoms with Crippen molar-refractivity contribution in [1.82, 2.24) is 14.8 Å². The van der Waals surface area contributed by atoms with E-state index >= 15 is 0 Å². The average molecular weight is 422 g/mol. The summed E-state index contributed by atoms with van der Waals surface area (Å²) in [5.74, 6) is 0.237. The number of nitrogens with one attached hydrogen (secondary N) is 1. The van der Waals surface area contributed by atoms with Gasteiger partial charge in [0, 0.05) is 17.8 Å². The first-order valence-corrected chi connectivity index (χ1v) is 9.59. The van der Waals surface area contributed by atoms with Gasteiger partial charge in [0.15, 0.2) is 11.0 Å². The molecule has 10 heteroatoms. The number of alkyl halides is 3. The van der Waals surface area contributed by atoms with Crippen LogP contribution in [0.4, 0.5) is 18.9 Å². The molecule has 2 aromatic carbocycles. The second kappa shape index (κ2) is 8.56. The Kier molecular flexibility index (Phi) is 6.12. The van der Waals surface area contributed by atoms with Crippen LogP contribution in [0.3, 0.4) is 0 Å². The van der Waals surface area contributed by atoms with Crippen molar-refractivity contribution in [3.8, 4) is 17.1 Å². The van der Waals surface area contributed by atoms with Crippen LogP contribution in [-0.4, -0.2) is 31.5 Å². The molecule has 1 aromatic heterocycles. The lowest BCUT2D eigenvalue weighted by molar-refractivity contribution is -0.137. The number of thioether (sulfide) groups is 1. The molecule has 1 heterocycles. The number of halogens is 3. The predicted octanol–water partition coefficient (Wildman–Crippen LogP) is 4.42. The maximum atomic E-state index is 12.8. The Balaban J connectivity index is 1.67. The summed E-state index contributed by atoms with van der Waals surface area (Å²) in [6, 6.07) is 11.0. The fourth-order valence-electron chi connectivity index (χ4n) is 2.61. The van der Waals surface area contributed by atoms with Gasteiger partial charge < -0.3 is 15.0 Å². The number of rotatable bonds is 6. The lowest BCUT2D eigenvalue weighted by Crippen LogP contribution is -2.15. The summed E-state index contributed by atoms with van der Waals surface area (Å²) >= 11 is 1.13. The number of aromatic hydroxyl groups is 1. The van der Waals surface area contributed by atoms with Crippen LogP contribution in [0.25, 0.3) is 11.4 Å². The number of phenols is 1. The zero-order chi connectivity index (χ0) is 21.0. The summed E-state index contributed by atoms with van der Waals surface area (Å²) in [5, 5.41) is 20.6. The molecule has 0 saturated heterocycles. The van der Waals surface area contributed by atoms with Crippen LogP contribution in [0.1, 0.15) is 12.5 Å². The maximum absolute atomic E-state index is 12.8. The highest BCUT2D eigenvalue weighted by Gasteiger charge is 2.30. The van der Waals surface area contributed by atoms with E-state index in [0.29, 0.717) is 17.5 Å². The molecule has 0 spiro atoms. The predicted molar refractivity (Wildman–Crippen MR) is 104 cm³/mol. The summed E-state index contributed by atoms with van der Waals surface area (Å²) in [4.78, 5) is 12.2. The van der Waals surface area contributed by atoms with Gasteiger partial charge in [-0.3, -0.25) is 4.79 Å². The van der Waals surface area contributed by atoms with Gasteiger partial charge in [-0.2, -0.15) is 13.2 Å². The lowest BCUT2D eigenvalue weighted by atomic mass is 10.2. The summed E-state index contributed by atoms with van der Waals surface area (Å²) in [6.45, 7) is 2.46. The number of benzene rings is 2. The molecule has 152 valence electrons. The van der Waals surface area contributed by atoms with E-state index in [-0.39, 0.29) is 17.2 Å². The van der Waals surface area contributed by atoms with Crippen LogP contribution in [0.2, 0.25) is 0 Å². The van der Waals surface area contributed by atoms with Gasteiger partial charge >= 0.3 is 6.18 Å². The molecule has 2 N–H and O–H groups in total. The molecule has 29 heavy (non-hydrogen) atoms. The molecule has 3 rings (SSSR count). The first-order chi connectivity index (χ1) is 13.8. The van der Waals surface area contributed by atoms with Crippen LogP contribution in [0.5, 0.6) is 5.75 Å². The number of aromatic nitrogens is 3. The second-order valence-electron chi connectivity index (χ2n) is 6.01. The van der Waals surface area contributed by atoms with E-state index in [1.54, 1.807) is 24.3 Å². The van der Waals surface area contributed by atoms with Crippen molar-refractivity contribution in [2.24, 2.45) is 0 Å². The minimum Gasteiger partial charge on any atom is -0.508 e. The van der Waals surface area contributed by atoms with Gasteiger partial charge in [0.1, 0.15) is 5.75 Å². The highest BCUT2D eigenvalue weighted by Crippen LogP contribution is 2.31. The number of carbonyl (C=O) groups excluding carboxylic acids is 1. The quantitative estimate of drug-likeness (QED) is 0.575. The standard InChI is InChI=1S/C19H17F3N4O2S/c1-2-26-17(12-6-8-15(27)9-7-12)24-25-18(26)29-11-16(28)23-14-5-3-4-13(10-14)19(20,21)22/h3-10,27H,2,11H2,1H3,(H,23,28). The first kappa shape index (κ1) is 20.7. The molecule has 6 nitrogen and oxygen atoms in total. The summed E-state index contributed by atoms with van der Waals surface area (Å²) < 4.78 is 40.1. The third-order valence-electron chi connectivity index (χ3n) is 3.96. The molecule has 0 fully saturated rings. The van der Waals surface area contributed by atoms with Crippen molar-refractivity contribution in [3.05, 3.63) is 54.1 Å². The zero-order valence-corrected chi connectivity index (χ0v) is 16.1. The van der Waals surface area contributed by atoms with Gasteiger partial charge in [-0.1, -0.05) is 17.8 Å². The van der Waals surface area contributed by atoms with Crippen LogP contribution in [-0.2, 0) is 17.5 Å². The van der Waals surface area contributed by atoms with Crippen molar-refractivity contribution in [3.63, 3.8) is 0 Å². The highest BCUT2D eigenvalue weighted by molar-refractivity contribution is 7.99. The van der Waals surface area contributed by atoms with Crippen molar-refractivity contribution in [1.29, 1.82) is 0 Å². The third kappa shape index (κ3) is 5.08. The topological polar surface area (TPSA) is 80.0 Å². The number of anilines is 1. The van der Waals surface area contributed by atoms with Crippen LogP contribution in [0, 0.1) is 0 Å². The van der Waals surface area contributed by atoms with Gasteiger partial charge in [-0.25, -0.2) is 0 Å². The Hall–Kier alpha value is -3.01. The van der Waals surface area contributed by atoms with Gasteiger partial charge in [-0.05, 0) is 49.4 Å². The van der Waals surface area contributed by atoms with Crippen molar-refractivity contribution >= 4 is 23.4 Å². The van der Waals surface area contributed by atoms with E-state index in [1.807, 2.05) is 11.5 Å². The lowest BCUT2D eigenvalue weighted by Gasteiger charge is -2.10. The summed E-state index contributed by atoms with van der Waals surface area (Å²) in [6.07, 6.45) is -4.47.